The van der Waals surface area contributed by atoms with E-state index in [1.807, 2.05) is 26.8 Å². The van der Waals surface area contributed by atoms with Gasteiger partial charge in [-0.1, -0.05) is 82.9 Å². The zero-order chi connectivity index (χ0) is 69.4. The molecule has 6 aliphatic rings. The van der Waals surface area contributed by atoms with E-state index >= 15 is 0 Å². The number of aliphatic hydroxyl groups is 5. The summed E-state index contributed by atoms with van der Waals surface area (Å²) in [6, 6.07) is 2.23. The summed E-state index contributed by atoms with van der Waals surface area (Å²) in [5.74, 6) is -3.37. The van der Waals surface area contributed by atoms with Crippen molar-refractivity contribution in [3.63, 3.8) is 0 Å². The van der Waals surface area contributed by atoms with Crippen LogP contribution in [0.2, 0.25) is 0 Å². The van der Waals surface area contributed by atoms with Crippen LogP contribution in [0, 0.1) is 29.1 Å². The molecule has 0 spiro atoms. The number of ether oxygens (including phenoxy) is 6. The maximum atomic E-state index is 14.6. The highest BCUT2D eigenvalue weighted by molar-refractivity contribution is 6.00. The lowest BCUT2D eigenvalue weighted by Crippen LogP contribution is -2.62. The minimum atomic E-state index is -1.60. The highest BCUT2D eigenvalue weighted by Gasteiger charge is 2.75. The first-order valence-corrected chi connectivity index (χ1v) is 34.1. The van der Waals surface area contributed by atoms with Gasteiger partial charge in [0.25, 0.3) is 0 Å². The van der Waals surface area contributed by atoms with E-state index in [9.17, 15) is 63.9 Å². The molecule has 17 atom stereocenters. The summed E-state index contributed by atoms with van der Waals surface area (Å²) in [5, 5.41) is 75.0. The molecule has 14 N–H and O–H groups in total. The van der Waals surface area contributed by atoms with Gasteiger partial charge in [0.05, 0.1) is 30.6 Å². The number of Topliss-reactive ketones (excluding diaryl/α,β-unsaturated/α-hetero) is 1. The van der Waals surface area contributed by atoms with E-state index in [0.717, 1.165) is 44.1 Å². The number of urea groups is 1. The van der Waals surface area contributed by atoms with Gasteiger partial charge in [-0.2, -0.15) is 0 Å². The number of hydrogen-bond acceptors (Lipinski definition) is 22. The predicted octanol–water partition coefficient (Wildman–Crippen LogP) is 2.92. The highest BCUT2D eigenvalue weighted by atomic mass is 16.8. The van der Waals surface area contributed by atoms with Crippen LogP contribution in [0.15, 0.2) is 48.1 Å². The number of carbonyl (C=O) groups is 8. The van der Waals surface area contributed by atoms with Gasteiger partial charge in [-0.05, 0) is 150 Å². The molecular formula is C67H100N10O19. The van der Waals surface area contributed by atoms with Crippen molar-refractivity contribution < 1.29 is 92.3 Å². The van der Waals surface area contributed by atoms with Crippen molar-refractivity contribution >= 4 is 53.1 Å². The minimum Gasteiger partial charge on any atom is -0.429 e. The Bertz CT molecular complexity index is 3070. The summed E-state index contributed by atoms with van der Waals surface area (Å²) >= 11 is 0. The Balaban J connectivity index is 0.780. The van der Waals surface area contributed by atoms with Gasteiger partial charge < -0.3 is 92.0 Å². The number of ketones is 2. The predicted molar refractivity (Wildman–Crippen MR) is 344 cm³/mol. The van der Waals surface area contributed by atoms with Crippen LogP contribution in [-0.4, -0.2) is 187 Å². The van der Waals surface area contributed by atoms with Gasteiger partial charge in [-0.15, -0.1) is 5.10 Å². The van der Waals surface area contributed by atoms with Gasteiger partial charge in [0.15, 0.2) is 30.5 Å². The van der Waals surface area contributed by atoms with Crippen LogP contribution in [0.25, 0.3) is 0 Å². The lowest BCUT2D eigenvalue weighted by molar-refractivity contribution is -0.254. The number of rotatable bonds is 31. The van der Waals surface area contributed by atoms with Crippen LogP contribution in [0.5, 0.6) is 0 Å². The Morgan fingerprint density at radius 1 is 0.844 bits per heavy atom. The fraction of sp³-hybridized carbons (Fsp3) is 0.701. The summed E-state index contributed by atoms with van der Waals surface area (Å²) in [4.78, 5) is 106. The van der Waals surface area contributed by atoms with Crippen LogP contribution in [-0.2, 0) is 70.2 Å². The second kappa shape index (κ2) is 34.6. The first-order chi connectivity index (χ1) is 45.9. The lowest BCUT2D eigenvalue weighted by atomic mass is 9.52. The number of fused-ring (bicyclic) bond motifs is 6. The summed E-state index contributed by atoms with van der Waals surface area (Å²) < 4.78 is 37.1. The van der Waals surface area contributed by atoms with Gasteiger partial charge in [-0.25, -0.2) is 14.3 Å². The number of hydrogen-bond donors (Lipinski definition) is 12. The molecule has 2 unspecified atom stereocenters. The Hall–Kier alpha value is -6.80. The number of benzene rings is 1. The topological polar surface area (TPSA) is 436 Å². The fourth-order valence-electron chi connectivity index (χ4n) is 14.9. The van der Waals surface area contributed by atoms with Crippen molar-refractivity contribution in [3.8, 4) is 0 Å². The van der Waals surface area contributed by atoms with Gasteiger partial charge in [0, 0.05) is 24.2 Å². The SMILES string of the molecule is CC/C=C\C(=O)/C=C1/CC[C@@H]2[C@@H](C1)[C@@H](O)C[C@@]1(C)[C@H]2C[C@H]2OC(CCC)O[C@]21C(=O)COC(=O)OCc1ccc(NC(=O)[C@H](CCCNC(N)=O)NC(=O)[C@@H](NC(=O)[C@H](N)CCCCNC(=O)COC2CCCCCc3c2nnn3[C@@H]2O[C@H](CO)[C@H](O)[C@H](O)[C@H]2O)C(C)C)cc1. The molecule has 532 valence electrons. The van der Waals surface area contributed by atoms with Crippen molar-refractivity contribution in [1.29, 1.82) is 0 Å². The van der Waals surface area contributed by atoms with E-state index in [4.69, 9.17) is 39.9 Å². The molecule has 96 heavy (non-hydrogen) atoms. The van der Waals surface area contributed by atoms with Crippen molar-refractivity contribution in [2.24, 2.45) is 40.6 Å². The maximum Gasteiger partial charge on any atom is 0.509 e. The van der Waals surface area contributed by atoms with Gasteiger partial charge in [-0.3, -0.25) is 28.8 Å². The largest absolute Gasteiger partial charge is 0.509 e. The smallest absolute Gasteiger partial charge is 0.429 e. The number of aromatic nitrogens is 3. The molecule has 2 aromatic rings. The number of anilines is 1. The van der Waals surface area contributed by atoms with Crippen LogP contribution < -0.4 is 38.1 Å². The van der Waals surface area contributed by atoms with Gasteiger partial charge in [0.1, 0.15) is 61.5 Å². The maximum absolute atomic E-state index is 14.6. The number of nitrogens with one attached hydrogen (secondary N) is 5. The third kappa shape index (κ3) is 18.1. The molecule has 4 aliphatic carbocycles. The van der Waals surface area contributed by atoms with Crippen LogP contribution in [0.4, 0.5) is 15.3 Å². The van der Waals surface area contributed by atoms with E-state index in [1.54, 1.807) is 50.3 Å². The minimum absolute atomic E-state index is 0.0385. The number of primary amides is 1. The Kier molecular flexibility index (Phi) is 27.0. The average molecular weight is 1350 g/mol. The third-order valence-electron chi connectivity index (χ3n) is 19.9. The second-order valence-corrected chi connectivity index (χ2v) is 26.9. The van der Waals surface area contributed by atoms with E-state index < -0.39 is 145 Å². The van der Waals surface area contributed by atoms with E-state index in [0.29, 0.717) is 74.0 Å². The first-order valence-electron chi connectivity index (χ1n) is 34.1. The van der Waals surface area contributed by atoms with E-state index in [-0.39, 0.29) is 75.5 Å². The van der Waals surface area contributed by atoms with Crippen LogP contribution in [0.1, 0.15) is 173 Å². The molecule has 2 saturated heterocycles. The number of amides is 6. The zero-order valence-corrected chi connectivity index (χ0v) is 55.7. The molecule has 1 aromatic carbocycles. The molecule has 0 bridgehead atoms. The van der Waals surface area contributed by atoms with Crippen molar-refractivity contribution in [3.05, 3.63) is 65.0 Å². The average Bonchev–Trinajstić information content (AvgIpc) is 1.51. The molecule has 29 heteroatoms. The van der Waals surface area contributed by atoms with Crippen molar-refractivity contribution in [2.45, 2.75) is 236 Å². The van der Waals surface area contributed by atoms with Crippen molar-refractivity contribution in [2.75, 3.05) is 38.2 Å². The monoisotopic (exact) mass is 1350 g/mol. The first kappa shape index (κ1) is 75.0. The normalized spacial score (nSPS) is 29.9. The number of nitrogens with two attached hydrogens (primary N) is 2. The molecule has 6 amide bonds. The van der Waals surface area contributed by atoms with Gasteiger partial charge in [0.2, 0.25) is 29.4 Å². The number of carbonyl (C=O) groups excluding carboxylic acids is 8. The van der Waals surface area contributed by atoms with Gasteiger partial charge >= 0.3 is 12.2 Å². The molecule has 0 radical (unpaired) electrons. The van der Waals surface area contributed by atoms with Crippen molar-refractivity contribution in [1.82, 2.24) is 36.3 Å². The van der Waals surface area contributed by atoms with Crippen LogP contribution in [0.3, 0.4) is 0 Å². The zero-order valence-electron chi connectivity index (χ0n) is 55.7. The van der Waals surface area contributed by atoms with E-state index in [1.165, 1.54) is 4.68 Å². The second-order valence-electron chi connectivity index (χ2n) is 26.9. The number of allylic oxidation sites excluding steroid dienone is 4. The highest BCUT2D eigenvalue weighted by Crippen LogP contribution is 2.67. The Morgan fingerprint density at radius 3 is 2.32 bits per heavy atom. The third-order valence-corrected chi connectivity index (χ3v) is 19.9. The quantitative estimate of drug-likeness (QED) is 0.0293. The fourth-order valence-corrected chi connectivity index (χ4v) is 14.9. The standard InChI is InChI=1S/C67H100N10O19/c1-6-8-16-41(79)29-39-23-26-42-43(30-39)48(80)32-66(5)44(42)31-52-67(66,96-54(95-52)15-7-2)51(81)35-93-65(90)92-34-38-21-24-40(25-22-38)72-61(87)46(18-14-28-71-64(69)89)73-62(88)55(37(3)4)74-60(86)45(68)17-12-13-27-70-53(82)36-91-49-20-11-9-10-19-47-56(49)75-76-77(47)63-59(85)58(84)57(83)50(33-78)94-63/h8,16,21-22,24-25,29,37,42-46,48-50,52,54-55,57-59,63,78,80,83-85H,6-7,9-15,17-20,23,26-28,30-36,68H2,1-5H3,(H,70,82)(H,72,87)(H,73,88)(H,74,86)(H3,69,71,89)/b16-8-,39-29-/t42-,43-,44+,45-,46+,48+,49?,50-,52-,54?,55+,57+,58+,59-,63-,66+,67-/m1/s1. The summed E-state index contributed by atoms with van der Waals surface area (Å²) in [6.45, 7) is 7.88. The summed E-state index contributed by atoms with van der Waals surface area (Å²) in [6.07, 6.45) is 3.88. The summed E-state index contributed by atoms with van der Waals surface area (Å²) in [7, 11) is 0. The molecule has 3 saturated carbocycles. The number of aliphatic hydroxyl groups excluding tert-OH is 5. The lowest BCUT2D eigenvalue weighted by Gasteiger charge is -2.55. The molecule has 2 aliphatic heterocycles. The van der Waals surface area contributed by atoms with Crippen LogP contribution >= 0.6 is 0 Å². The Labute approximate surface area is 559 Å². The number of unbranched alkanes of at least 4 members (excludes halogenated alkanes) is 1. The van der Waals surface area contributed by atoms with E-state index in [2.05, 4.69) is 36.9 Å². The summed E-state index contributed by atoms with van der Waals surface area (Å²) in [5.41, 5.74) is 12.1. The molecule has 5 fully saturated rings. The molecule has 1 aromatic heterocycles. The molecular weight excluding hydrogens is 1250 g/mol. The molecule has 8 rings (SSSR count). The number of nitrogens with zero attached hydrogens (tertiary/aromatic N) is 3. The Morgan fingerprint density at radius 2 is 1.60 bits per heavy atom. The molecule has 3 heterocycles. The molecule has 29 nitrogen and oxygen atoms in total.